The molecule has 1 aromatic heterocycles. The minimum Gasteiger partial charge on any atom is -0.478 e. The van der Waals surface area contributed by atoms with Crippen LogP contribution in [0.1, 0.15) is 54.4 Å². The van der Waals surface area contributed by atoms with E-state index in [-0.39, 0.29) is 17.2 Å². The number of aromatic carboxylic acids is 1. The molecule has 0 aliphatic heterocycles. The van der Waals surface area contributed by atoms with E-state index in [2.05, 4.69) is 19.2 Å². The number of hydrogen-bond donors (Lipinski definition) is 2. The lowest BCUT2D eigenvalue weighted by molar-refractivity contribution is 0.0694. The second-order valence-electron chi connectivity index (χ2n) is 5.04. The molecule has 0 aliphatic carbocycles. The fraction of sp³-hybridized carbons (Fsp3) is 0.571. The van der Waals surface area contributed by atoms with Crippen LogP contribution in [-0.2, 0) is 6.42 Å². The molecule has 1 amide bonds. The Balaban J connectivity index is 2.75. The standard InChI is InChI=1S/C14H21NO4/c1-5-11-10(14(17)18)6-12(19-11)13(16)15-7-9(4)8(2)3/h6,8-9H,5,7H2,1-4H3,(H,15,16)(H,17,18). The highest BCUT2D eigenvalue weighted by Crippen LogP contribution is 2.16. The van der Waals surface area contributed by atoms with Gasteiger partial charge in [-0.2, -0.15) is 0 Å². The summed E-state index contributed by atoms with van der Waals surface area (Å²) in [5.74, 6) is -0.231. The molecule has 2 N–H and O–H groups in total. The maximum absolute atomic E-state index is 11.9. The first-order chi connectivity index (χ1) is 8.86. The van der Waals surface area contributed by atoms with Crippen molar-refractivity contribution in [1.29, 1.82) is 0 Å². The van der Waals surface area contributed by atoms with Gasteiger partial charge in [-0.15, -0.1) is 0 Å². The third-order valence-corrected chi connectivity index (χ3v) is 3.31. The van der Waals surface area contributed by atoms with Gasteiger partial charge in [0.1, 0.15) is 11.3 Å². The van der Waals surface area contributed by atoms with Crippen LogP contribution in [0.4, 0.5) is 0 Å². The average Bonchev–Trinajstić information content (AvgIpc) is 2.79. The number of carboxylic acid groups (broad SMARTS) is 1. The van der Waals surface area contributed by atoms with Crippen molar-refractivity contribution in [3.05, 3.63) is 23.2 Å². The van der Waals surface area contributed by atoms with Crippen LogP contribution in [0.25, 0.3) is 0 Å². The van der Waals surface area contributed by atoms with Crippen LogP contribution in [0.3, 0.4) is 0 Å². The molecule has 1 atom stereocenters. The summed E-state index contributed by atoms with van der Waals surface area (Å²) in [5, 5.41) is 11.7. The highest BCUT2D eigenvalue weighted by Gasteiger charge is 2.20. The first kappa shape index (κ1) is 15.3. The molecule has 0 spiro atoms. The van der Waals surface area contributed by atoms with Crippen LogP contribution in [0.2, 0.25) is 0 Å². The Hall–Kier alpha value is -1.78. The van der Waals surface area contributed by atoms with Gasteiger partial charge in [0.2, 0.25) is 0 Å². The molecule has 1 rings (SSSR count). The molecule has 0 aromatic carbocycles. The highest BCUT2D eigenvalue weighted by molar-refractivity contribution is 5.96. The molecular formula is C14H21NO4. The van der Waals surface area contributed by atoms with Gasteiger partial charge in [-0.25, -0.2) is 4.79 Å². The molecule has 1 heterocycles. The summed E-state index contributed by atoms with van der Waals surface area (Å²) in [7, 11) is 0. The van der Waals surface area contributed by atoms with Crippen LogP contribution < -0.4 is 5.32 Å². The van der Waals surface area contributed by atoms with Gasteiger partial charge in [0.05, 0.1) is 0 Å². The van der Waals surface area contributed by atoms with Gasteiger partial charge in [0.15, 0.2) is 5.76 Å². The molecule has 5 heteroatoms. The van der Waals surface area contributed by atoms with Crippen molar-refractivity contribution in [2.75, 3.05) is 6.54 Å². The van der Waals surface area contributed by atoms with Gasteiger partial charge >= 0.3 is 5.97 Å². The lowest BCUT2D eigenvalue weighted by Crippen LogP contribution is -2.29. The van der Waals surface area contributed by atoms with E-state index < -0.39 is 5.97 Å². The van der Waals surface area contributed by atoms with Crippen LogP contribution in [0, 0.1) is 11.8 Å². The normalized spacial score (nSPS) is 12.5. The molecule has 0 bridgehead atoms. The topological polar surface area (TPSA) is 79.5 Å². The second kappa shape index (κ2) is 6.41. The van der Waals surface area contributed by atoms with Crippen molar-refractivity contribution in [3.63, 3.8) is 0 Å². The van der Waals surface area contributed by atoms with Gasteiger partial charge in [-0.3, -0.25) is 4.79 Å². The zero-order chi connectivity index (χ0) is 14.6. The van der Waals surface area contributed by atoms with Crippen LogP contribution in [0.5, 0.6) is 0 Å². The SMILES string of the molecule is CCc1oc(C(=O)NCC(C)C(C)C)cc1C(=O)O. The summed E-state index contributed by atoms with van der Waals surface area (Å²) in [6.07, 6.45) is 0.442. The van der Waals surface area contributed by atoms with E-state index >= 15 is 0 Å². The lowest BCUT2D eigenvalue weighted by atomic mass is 9.98. The van der Waals surface area contributed by atoms with Gasteiger partial charge < -0.3 is 14.8 Å². The third-order valence-electron chi connectivity index (χ3n) is 3.31. The van der Waals surface area contributed by atoms with Gasteiger partial charge in [-0.05, 0) is 11.8 Å². The number of carbonyl (C=O) groups is 2. The summed E-state index contributed by atoms with van der Waals surface area (Å²) >= 11 is 0. The molecule has 0 aliphatic rings. The Labute approximate surface area is 113 Å². The Morgan fingerprint density at radius 1 is 1.37 bits per heavy atom. The lowest BCUT2D eigenvalue weighted by Gasteiger charge is -2.15. The van der Waals surface area contributed by atoms with Crippen molar-refractivity contribution in [3.8, 4) is 0 Å². The van der Waals surface area contributed by atoms with E-state index in [0.29, 0.717) is 30.6 Å². The fourth-order valence-corrected chi connectivity index (χ4v) is 1.56. The summed E-state index contributed by atoms with van der Waals surface area (Å²) in [5.41, 5.74) is 0.0598. The molecule has 1 unspecified atom stereocenters. The number of nitrogens with one attached hydrogen (secondary N) is 1. The van der Waals surface area contributed by atoms with Crippen molar-refractivity contribution in [1.82, 2.24) is 5.32 Å². The number of aryl methyl sites for hydroxylation is 1. The number of carboxylic acids is 1. The smallest absolute Gasteiger partial charge is 0.339 e. The predicted octanol–water partition coefficient (Wildman–Crippen LogP) is 2.56. The van der Waals surface area contributed by atoms with Crippen molar-refractivity contribution in [2.24, 2.45) is 11.8 Å². The maximum Gasteiger partial charge on any atom is 0.339 e. The van der Waals surface area contributed by atoms with Crippen LogP contribution >= 0.6 is 0 Å². The number of carbonyl (C=O) groups excluding carboxylic acids is 1. The molecule has 0 fully saturated rings. The second-order valence-corrected chi connectivity index (χ2v) is 5.04. The molecule has 0 saturated carbocycles. The summed E-state index contributed by atoms with van der Waals surface area (Å²) in [4.78, 5) is 22.9. The maximum atomic E-state index is 11.9. The zero-order valence-electron chi connectivity index (χ0n) is 11.8. The van der Waals surface area contributed by atoms with Crippen molar-refractivity contribution >= 4 is 11.9 Å². The van der Waals surface area contributed by atoms with Crippen molar-refractivity contribution < 1.29 is 19.1 Å². The molecule has 19 heavy (non-hydrogen) atoms. The van der Waals surface area contributed by atoms with Crippen molar-refractivity contribution in [2.45, 2.75) is 34.1 Å². The quantitative estimate of drug-likeness (QED) is 0.830. The average molecular weight is 267 g/mol. The third kappa shape index (κ3) is 3.84. The Bertz CT molecular complexity index is 462. The molecular weight excluding hydrogens is 246 g/mol. The predicted molar refractivity (Wildman–Crippen MR) is 71.4 cm³/mol. The zero-order valence-corrected chi connectivity index (χ0v) is 11.8. The first-order valence-corrected chi connectivity index (χ1v) is 6.51. The monoisotopic (exact) mass is 267 g/mol. The van der Waals surface area contributed by atoms with Gasteiger partial charge in [0.25, 0.3) is 5.91 Å². The number of amides is 1. The van der Waals surface area contributed by atoms with E-state index in [0.717, 1.165) is 0 Å². The van der Waals surface area contributed by atoms with Crippen LogP contribution in [0.15, 0.2) is 10.5 Å². The minimum absolute atomic E-state index is 0.0598. The summed E-state index contributed by atoms with van der Waals surface area (Å²) in [6.45, 7) is 8.55. The molecule has 1 aromatic rings. The largest absolute Gasteiger partial charge is 0.478 e. The molecule has 106 valence electrons. The van der Waals surface area contributed by atoms with Gasteiger partial charge in [0, 0.05) is 19.0 Å². The van der Waals surface area contributed by atoms with E-state index in [1.165, 1.54) is 6.07 Å². The number of hydrogen-bond acceptors (Lipinski definition) is 3. The van der Waals surface area contributed by atoms with Gasteiger partial charge in [-0.1, -0.05) is 27.7 Å². The Kier molecular flexibility index (Phi) is 5.15. The van der Waals surface area contributed by atoms with E-state index in [4.69, 9.17) is 9.52 Å². The Morgan fingerprint density at radius 3 is 2.42 bits per heavy atom. The first-order valence-electron chi connectivity index (χ1n) is 6.51. The number of furan rings is 1. The number of rotatable bonds is 6. The molecule has 0 radical (unpaired) electrons. The fourth-order valence-electron chi connectivity index (χ4n) is 1.56. The highest BCUT2D eigenvalue weighted by atomic mass is 16.4. The van der Waals surface area contributed by atoms with E-state index in [9.17, 15) is 9.59 Å². The minimum atomic E-state index is -1.07. The molecule has 0 saturated heterocycles. The summed E-state index contributed by atoms with van der Waals surface area (Å²) in [6, 6.07) is 1.29. The van der Waals surface area contributed by atoms with Crippen LogP contribution in [-0.4, -0.2) is 23.5 Å². The molecule has 5 nitrogen and oxygen atoms in total. The Morgan fingerprint density at radius 2 is 2.00 bits per heavy atom. The van der Waals surface area contributed by atoms with E-state index in [1.54, 1.807) is 6.92 Å². The van der Waals surface area contributed by atoms with E-state index in [1.807, 2.05) is 6.92 Å². The summed E-state index contributed by atoms with van der Waals surface area (Å²) < 4.78 is 5.29.